The summed E-state index contributed by atoms with van der Waals surface area (Å²) < 4.78 is 2.33. The van der Waals surface area contributed by atoms with Gasteiger partial charge in [0.25, 0.3) is 0 Å². The van der Waals surface area contributed by atoms with Crippen molar-refractivity contribution in [2.75, 3.05) is 0 Å². The fraction of sp³-hybridized carbons (Fsp3) is 0.174. The number of hydrogen-bond acceptors (Lipinski definition) is 1. The van der Waals surface area contributed by atoms with E-state index in [0.717, 1.165) is 31.4 Å². The zero-order chi connectivity index (χ0) is 16.6. The van der Waals surface area contributed by atoms with Gasteiger partial charge in [0.15, 0.2) is 0 Å². The van der Waals surface area contributed by atoms with Crippen molar-refractivity contribution in [3.8, 4) is 5.69 Å². The van der Waals surface area contributed by atoms with Crippen LogP contribution in [0.15, 0.2) is 71.9 Å². The maximum Gasteiger partial charge on any atom is 0.0902 e. The fourth-order valence-electron chi connectivity index (χ4n) is 3.97. The van der Waals surface area contributed by atoms with Crippen molar-refractivity contribution in [3.63, 3.8) is 0 Å². The third-order valence-electron chi connectivity index (χ3n) is 5.24. The van der Waals surface area contributed by atoms with E-state index in [0.29, 0.717) is 0 Å². The molecule has 2 aromatic carbocycles. The Labute approximate surface area is 148 Å². The first-order chi connectivity index (χ1) is 12.4. The summed E-state index contributed by atoms with van der Waals surface area (Å²) in [6.45, 7) is 0. The van der Waals surface area contributed by atoms with Gasteiger partial charge in [-0.1, -0.05) is 48.5 Å². The molecular formula is C23H20N2. The van der Waals surface area contributed by atoms with Crippen molar-refractivity contribution < 1.29 is 0 Å². The summed E-state index contributed by atoms with van der Waals surface area (Å²) in [5.41, 5.74) is 9.04. The molecule has 0 N–H and O–H groups in total. The Morgan fingerprint density at radius 1 is 0.920 bits per heavy atom. The van der Waals surface area contributed by atoms with Crippen LogP contribution >= 0.6 is 0 Å². The highest BCUT2D eigenvalue weighted by Crippen LogP contribution is 2.37. The predicted molar refractivity (Wildman–Crippen MR) is 104 cm³/mol. The first-order valence-corrected chi connectivity index (χ1v) is 9.01. The quantitative estimate of drug-likeness (QED) is 0.621. The van der Waals surface area contributed by atoms with Crippen molar-refractivity contribution in [3.05, 3.63) is 89.3 Å². The minimum Gasteiger partial charge on any atom is -0.314 e. The molecule has 1 aliphatic heterocycles. The summed E-state index contributed by atoms with van der Waals surface area (Å²) in [6, 6.07) is 19.5. The number of fused-ring (bicyclic) bond motifs is 2. The van der Waals surface area contributed by atoms with E-state index in [2.05, 4.69) is 77.7 Å². The molecule has 2 heteroatoms. The Hall–Kier alpha value is -2.87. The van der Waals surface area contributed by atoms with Crippen molar-refractivity contribution in [2.24, 2.45) is 4.99 Å². The van der Waals surface area contributed by atoms with Gasteiger partial charge in [-0.15, -0.1) is 0 Å². The normalized spacial score (nSPS) is 14.5. The second-order valence-electron chi connectivity index (χ2n) is 6.79. The van der Waals surface area contributed by atoms with Crippen molar-refractivity contribution in [1.29, 1.82) is 0 Å². The molecule has 2 heterocycles. The summed E-state index contributed by atoms with van der Waals surface area (Å²) >= 11 is 0. The lowest BCUT2D eigenvalue weighted by Crippen LogP contribution is -2.04. The van der Waals surface area contributed by atoms with E-state index in [1.807, 2.05) is 0 Å². The second kappa shape index (κ2) is 5.89. The number of benzene rings is 2. The molecule has 5 rings (SSSR count). The lowest BCUT2D eigenvalue weighted by Gasteiger charge is -2.15. The molecule has 2 nitrogen and oxygen atoms in total. The molecule has 0 unspecified atom stereocenters. The van der Waals surface area contributed by atoms with Crippen molar-refractivity contribution >= 4 is 17.5 Å². The van der Waals surface area contributed by atoms with E-state index in [1.54, 1.807) is 0 Å². The molecule has 0 saturated heterocycles. The van der Waals surface area contributed by atoms with Gasteiger partial charge >= 0.3 is 0 Å². The van der Waals surface area contributed by atoms with Gasteiger partial charge in [0.2, 0.25) is 0 Å². The Morgan fingerprint density at radius 3 is 2.76 bits per heavy atom. The highest BCUT2D eigenvalue weighted by Gasteiger charge is 2.21. The molecule has 0 saturated carbocycles. The summed E-state index contributed by atoms with van der Waals surface area (Å²) in [5.74, 6) is 0. The number of aryl methyl sites for hydroxylation is 3. The van der Waals surface area contributed by atoms with Crippen LogP contribution in [0.2, 0.25) is 0 Å². The maximum absolute atomic E-state index is 4.90. The highest BCUT2D eigenvalue weighted by atomic mass is 15.0. The van der Waals surface area contributed by atoms with Crippen LogP contribution in [0.3, 0.4) is 0 Å². The standard InChI is InChI=1S/C23H20N2/c1-2-6-17(7-3-1)12-13-18-8-5-11-21-22(18)24-16-20-10-4-9-19-14-15-25(21)23(19)20/h1-3,5-8,10-11,14-16H,4,9,12-13H2. The molecule has 1 aliphatic carbocycles. The smallest absolute Gasteiger partial charge is 0.0902 e. The third kappa shape index (κ3) is 2.45. The van der Waals surface area contributed by atoms with Crippen LogP contribution in [0.5, 0.6) is 0 Å². The lowest BCUT2D eigenvalue weighted by atomic mass is 9.98. The SMILES string of the molecule is C1=Nc2c(CCc3ccccc3)cccc2-n2ccc3c2C1=CCC3. The Balaban J connectivity index is 1.58. The maximum atomic E-state index is 4.90. The van der Waals surface area contributed by atoms with Crippen LogP contribution in [0, 0.1) is 0 Å². The number of nitrogens with zero attached hydrogens (tertiary/aromatic N) is 2. The molecule has 122 valence electrons. The van der Waals surface area contributed by atoms with Gasteiger partial charge < -0.3 is 4.57 Å². The number of rotatable bonds is 3. The number of allylic oxidation sites excluding steroid dienone is 2. The molecule has 25 heavy (non-hydrogen) atoms. The van der Waals surface area contributed by atoms with E-state index < -0.39 is 0 Å². The largest absolute Gasteiger partial charge is 0.314 e. The van der Waals surface area contributed by atoms with Crippen molar-refractivity contribution in [2.45, 2.75) is 25.7 Å². The molecular weight excluding hydrogens is 304 g/mol. The number of aliphatic imine (C=N–C) groups is 1. The summed E-state index contributed by atoms with van der Waals surface area (Å²) in [5, 5.41) is 0. The van der Waals surface area contributed by atoms with Crippen molar-refractivity contribution in [1.82, 2.24) is 4.57 Å². The Bertz CT molecular complexity index is 990. The highest BCUT2D eigenvalue weighted by molar-refractivity contribution is 6.12. The van der Waals surface area contributed by atoms with E-state index in [4.69, 9.17) is 4.99 Å². The zero-order valence-corrected chi connectivity index (χ0v) is 14.2. The van der Waals surface area contributed by atoms with Gasteiger partial charge in [-0.05, 0) is 54.5 Å². The van der Waals surface area contributed by atoms with Gasteiger partial charge in [-0.2, -0.15) is 0 Å². The molecule has 0 spiro atoms. The summed E-state index contributed by atoms with van der Waals surface area (Å²) in [6.07, 6.45) is 10.9. The Kier molecular flexibility index (Phi) is 3.41. The molecule has 0 amide bonds. The van der Waals surface area contributed by atoms with Gasteiger partial charge in [-0.3, -0.25) is 4.99 Å². The minimum absolute atomic E-state index is 1.01. The summed E-state index contributed by atoms with van der Waals surface area (Å²) in [7, 11) is 0. The van der Waals surface area contributed by atoms with Crippen LogP contribution < -0.4 is 0 Å². The first kappa shape index (κ1) is 14.5. The third-order valence-corrected chi connectivity index (χ3v) is 5.24. The fourth-order valence-corrected chi connectivity index (χ4v) is 3.97. The average Bonchev–Trinajstić information content (AvgIpc) is 3.02. The van der Waals surface area contributed by atoms with Gasteiger partial charge in [-0.25, -0.2) is 0 Å². The van der Waals surface area contributed by atoms with Gasteiger partial charge in [0.1, 0.15) is 0 Å². The lowest BCUT2D eigenvalue weighted by molar-refractivity contribution is 0.942. The van der Waals surface area contributed by atoms with Gasteiger partial charge in [0, 0.05) is 18.0 Å². The second-order valence-corrected chi connectivity index (χ2v) is 6.79. The van der Waals surface area contributed by atoms with Gasteiger partial charge in [0.05, 0.1) is 17.1 Å². The molecule has 0 bridgehead atoms. The van der Waals surface area contributed by atoms with E-state index in [9.17, 15) is 0 Å². The molecule has 0 radical (unpaired) electrons. The van der Waals surface area contributed by atoms with E-state index >= 15 is 0 Å². The number of aromatic nitrogens is 1. The molecule has 1 aromatic heterocycles. The topological polar surface area (TPSA) is 17.3 Å². The number of hydrogen-bond donors (Lipinski definition) is 0. The molecule has 2 aliphatic rings. The molecule has 0 atom stereocenters. The summed E-state index contributed by atoms with van der Waals surface area (Å²) in [4.78, 5) is 4.90. The zero-order valence-electron chi connectivity index (χ0n) is 14.2. The van der Waals surface area contributed by atoms with E-state index in [1.165, 1.54) is 33.6 Å². The number of para-hydroxylation sites is 1. The molecule has 3 aromatic rings. The monoisotopic (exact) mass is 324 g/mol. The van der Waals surface area contributed by atoms with Crippen LogP contribution in [-0.4, -0.2) is 10.8 Å². The average molecular weight is 324 g/mol. The van der Waals surface area contributed by atoms with Crippen LogP contribution in [-0.2, 0) is 19.3 Å². The van der Waals surface area contributed by atoms with Crippen LogP contribution in [0.25, 0.3) is 11.3 Å². The molecule has 0 fully saturated rings. The first-order valence-electron chi connectivity index (χ1n) is 9.01. The predicted octanol–water partition coefficient (Wildman–Crippen LogP) is 5.31. The van der Waals surface area contributed by atoms with Crippen LogP contribution in [0.4, 0.5) is 5.69 Å². The Morgan fingerprint density at radius 2 is 1.84 bits per heavy atom. The van der Waals surface area contributed by atoms with E-state index in [-0.39, 0.29) is 0 Å². The van der Waals surface area contributed by atoms with Crippen LogP contribution in [0.1, 0.15) is 28.8 Å². The minimum atomic E-state index is 1.01.